The smallest absolute Gasteiger partial charge is 0.309 e. The number of hydrogen-bond donors (Lipinski definition) is 0. The molecule has 0 aromatic heterocycles. The van der Waals surface area contributed by atoms with E-state index in [0.717, 1.165) is 0 Å². The number of carbonyl (C=O) groups is 3. The molecule has 1 aromatic carbocycles. The predicted octanol–water partition coefficient (Wildman–Crippen LogP) is 1.10. The Balaban J connectivity index is 1.58. The van der Waals surface area contributed by atoms with Gasteiger partial charge in [0.15, 0.2) is 0 Å². The molecule has 3 rings (SSSR count). The van der Waals surface area contributed by atoms with Gasteiger partial charge in [0.25, 0.3) is 5.91 Å². The maximum Gasteiger partial charge on any atom is 0.309 e. The number of amides is 2. The SMILES string of the molecule is CCOC(=O)C1CCN(C(=O)CN(C)C(=O)c2cccc(N3CCCS3(=O)=O)c2)CC1. The number of esters is 1. The number of anilines is 1. The van der Waals surface area contributed by atoms with E-state index < -0.39 is 10.0 Å². The molecular weight excluding hydrogens is 422 g/mol. The van der Waals surface area contributed by atoms with E-state index in [0.29, 0.717) is 56.8 Å². The van der Waals surface area contributed by atoms with Crippen molar-refractivity contribution >= 4 is 33.5 Å². The first-order valence-corrected chi connectivity index (χ1v) is 12.1. The highest BCUT2D eigenvalue weighted by Gasteiger charge is 2.30. The molecule has 2 saturated heterocycles. The minimum Gasteiger partial charge on any atom is -0.466 e. The van der Waals surface area contributed by atoms with Gasteiger partial charge in [0.2, 0.25) is 15.9 Å². The summed E-state index contributed by atoms with van der Waals surface area (Å²) in [6.45, 7) is 3.32. The number of hydrogen-bond acceptors (Lipinski definition) is 6. The topological polar surface area (TPSA) is 104 Å². The summed E-state index contributed by atoms with van der Waals surface area (Å²) in [6, 6.07) is 6.47. The number of benzene rings is 1. The molecule has 0 saturated carbocycles. The third-order valence-corrected chi connectivity index (χ3v) is 7.54. The maximum absolute atomic E-state index is 12.8. The normalized spacial score (nSPS) is 18.6. The van der Waals surface area contributed by atoms with Gasteiger partial charge in [0, 0.05) is 32.2 Å². The number of carbonyl (C=O) groups excluding carboxylic acids is 3. The Morgan fingerprint density at radius 3 is 2.48 bits per heavy atom. The number of piperidine rings is 1. The van der Waals surface area contributed by atoms with Crippen LogP contribution in [0.3, 0.4) is 0 Å². The number of ether oxygens (including phenoxy) is 1. The summed E-state index contributed by atoms with van der Waals surface area (Å²) < 4.78 is 30.7. The van der Waals surface area contributed by atoms with Gasteiger partial charge in [-0.1, -0.05) is 6.07 Å². The van der Waals surface area contributed by atoms with Crippen LogP contribution in [0, 0.1) is 5.92 Å². The van der Waals surface area contributed by atoms with Crippen molar-refractivity contribution in [1.29, 1.82) is 0 Å². The first kappa shape index (κ1) is 23.1. The van der Waals surface area contributed by atoms with Gasteiger partial charge in [-0.25, -0.2) is 8.42 Å². The largest absolute Gasteiger partial charge is 0.466 e. The molecular formula is C21H29N3O6S. The van der Waals surface area contributed by atoms with E-state index in [-0.39, 0.29) is 36.0 Å². The van der Waals surface area contributed by atoms with Gasteiger partial charge in [-0.15, -0.1) is 0 Å². The molecule has 0 radical (unpaired) electrons. The molecule has 9 nitrogen and oxygen atoms in total. The summed E-state index contributed by atoms with van der Waals surface area (Å²) in [5, 5.41) is 0. The Morgan fingerprint density at radius 2 is 1.87 bits per heavy atom. The number of likely N-dealkylation sites (N-methyl/N-ethyl adjacent to an activating group) is 1. The molecule has 2 fully saturated rings. The fourth-order valence-corrected chi connectivity index (χ4v) is 5.50. The van der Waals surface area contributed by atoms with Crippen molar-refractivity contribution in [3.05, 3.63) is 29.8 Å². The molecule has 0 N–H and O–H groups in total. The average molecular weight is 452 g/mol. The lowest BCUT2D eigenvalue weighted by Gasteiger charge is -2.32. The Labute approximate surface area is 183 Å². The van der Waals surface area contributed by atoms with Crippen molar-refractivity contribution in [3.8, 4) is 0 Å². The Kier molecular flexibility index (Phi) is 7.19. The quantitative estimate of drug-likeness (QED) is 0.600. The molecule has 2 heterocycles. The van der Waals surface area contributed by atoms with Crippen LogP contribution in [0.1, 0.15) is 36.5 Å². The van der Waals surface area contributed by atoms with Crippen molar-refractivity contribution in [2.75, 3.05) is 49.9 Å². The second kappa shape index (κ2) is 9.67. The number of nitrogens with zero attached hydrogens (tertiary/aromatic N) is 3. The van der Waals surface area contributed by atoms with E-state index >= 15 is 0 Å². The zero-order valence-corrected chi connectivity index (χ0v) is 18.8. The fourth-order valence-electron chi connectivity index (χ4n) is 3.94. The Morgan fingerprint density at radius 1 is 1.16 bits per heavy atom. The molecule has 0 atom stereocenters. The summed E-state index contributed by atoms with van der Waals surface area (Å²) in [6.07, 6.45) is 1.66. The lowest BCUT2D eigenvalue weighted by atomic mass is 9.97. The minimum absolute atomic E-state index is 0.0881. The standard InChI is InChI=1S/C21H29N3O6S/c1-3-30-21(27)16-8-11-23(12-9-16)19(25)15-22(2)20(26)17-6-4-7-18(14-17)24-10-5-13-31(24,28)29/h4,6-7,14,16H,3,5,8-13,15H2,1-2H3. The predicted molar refractivity (Wildman–Crippen MR) is 115 cm³/mol. The summed E-state index contributed by atoms with van der Waals surface area (Å²) >= 11 is 0. The van der Waals surface area contributed by atoms with Crippen LogP contribution in [-0.4, -0.2) is 81.6 Å². The van der Waals surface area contributed by atoms with Crippen LogP contribution < -0.4 is 4.31 Å². The van der Waals surface area contributed by atoms with Gasteiger partial charge >= 0.3 is 5.97 Å². The highest BCUT2D eigenvalue weighted by molar-refractivity contribution is 7.93. The highest BCUT2D eigenvalue weighted by Crippen LogP contribution is 2.25. The zero-order chi connectivity index (χ0) is 22.6. The summed E-state index contributed by atoms with van der Waals surface area (Å²) in [7, 11) is -1.79. The van der Waals surface area contributed by atoms with E-state index in [1.807, 2.05) is 0 Å². The number of likely N-dealkylation sites (tertiary alicyclic amines) is 1. The van der Waals surface area contributed by atoms with Crippen LogP contribution in [0.25, 0.3) is 0 Å². The maximum atomic E-state index is 12.8. The molecule has 0 bridgehead atoms. The molecule has 1 aromatic rings. The Bertz CT molecular complexity index is 940. The lowest BCUT2D eigenvalue weighted by molar-refractivity contribution is -0.151. The second-order valence-electron chi connectivity index (χ2n) is 7.86. The summed E-state index contributed by atoms with van der Waals surface area (Å²) in [5.74, 6) is -0.841. The lowest BCUT2D eigenvalue weighted by Crippen LogP contribution is -2.45. The molecule has 0 aliphatic carbocycles. The molecule has 10 heteroatoms. The highest BCUT2D eigenvalue weighted by atomic mass is 32.2. The monoisotopic (exact) mass is 451 g/mol. The van der Waals surface area contributed by atoms with Gasteiger partial charge in [-0.2, -0.15) is 0 Å². The van der Waals surface area contributed by atoms with Gasteiger partial charge in [-0.3, -0.25) is 18.7 Å². The van der Waals surface area contributed by atoms with Crippen molar-refractivity contribution < 1.29 is 27.5 Å². The van der Waals surface area contributed by atoms with Gasteiger partial charge in [0.1, 0.15) is 0 Å². The van der Waals surface area contributed by atoms with Crippen LogP contribution in [0.2, 0.25) is 0 Å². The van der Waals surface area contributed by atoms with Crippen LogP contribution >= 0.6 is 0 Å². The Hall–Kier alpha value is -2.62. The fraction of sp³-hybridized carbons (Fsp3) is 0.571. The van der Waals surface area contributed by atoms with Gasteiger partial charge in [-0.05, 0) is 44.4 Å². The zero-order valence-electron chi connectivity index (χ0n) is 18.0. The first-order valence-electron chi connectivity index (χ1n) is 10.5. The minimum atomic E-state index is -3.34. The van der Waals surface area contributed by atoms with E-state index in [9.17, 15) is 22.8 Å². The molecule has 0 spiro atoms. The third kappa shape index (κ3) is 5.36. The van der Waals surface area contributed by atoms with Crippen molar-refractivity contribution in [2.45, 2.75) is 26.2 Å². The molecule has 2 amide bonds. The molecule has 2 aliphatic heterocycles. The van der Waals surface area contributed by atoms with Crippen molar-refractivity contribution in [1.82, 2.24) is 9.80 Å². The molecule has 2 aliphatic rings. The van der Waals surface area contributed by atoms with Crippen molar-refractivity contribution in [3.63, 3.8) is 0 Å². The van der Waals surface area contributed by atoms with Crippen LogP contribution in [0.15, 0.2) is 24.3 Å². The van der Waals surface area contributed by atoms with Gasteiger partial charge < -0.3 is 14.5 Å². The molecule has 31 heavy (non-hydrogen) atoms. The third-order valence-electron chi connectivity index (χ3n) is 5.67. The van der Waals surface area contributed by atoms with Crippen molar-refractivity contribution in [2.24, 2.45) is 5.92 Å². The van der Waals surface area contributed by atoms with E-state index in [4.69, 9.17) is 4.74 Å². The summed E-state index contributed by atoms with van der Waals surface area (Å²) in [4.78, 5) is 40.3. The van der Waals surface area contributed by atoms with Crippen LogP contribution in [0.5, 0.6) is 0 Å². The van der Waals surface area contributed by atoms with Crippen LogP contribution in [-0.2, 0) is 24.3 Å². The van der Waals surface area contributed by atoms with Crippen LogP contribution in [0.4, 0.5) is 5.69 Å². The second-order valence-corrected chi connectivity index (χ2v) is 9.87. The number of rotatable bonds is 6. The van der Waals surface area contributed by atoms with E-state index in [1.165, 1.54) is 9.21 Å². The average Bonchev–Trinajstić information content (AvgIpc) is 3.12. The van der Waals surface area contributed by atoms with Gasteiger partial charge in [0.05, 0.1) is 30.5 Å². The molecule has 0 unspecified atom stereocenters. The summed E-state index contributed by atoms with van der Waals surface area (Å²) in [5.41, 5.74) is 0.792. The number of sulfonamides is 1. The molecule has 170 valence electrons. The first-order chi connectivity index (χ1) is 14.7. The van der Waals surface area contributed by atoms with E-state index in [1.54, 1.807) is 43.1 Å². The van der Waals surface area contributed by atoms with E-state index in [2.05, 4.69) is 0 Å².